The van der Waals surface area contributed by atoms with E-state index in [2.05, 4.69) is 0 Å². The lowest BCUT2D eigenvalue weighted by Crippen LogP contribution is -2.43. The fourth-order valence-corrected chi connectivity index (χ4v) is 3.33. The summed E-state index contributed by atoms with van der Waals surface area (Å²) < 4.78 is 0. The number of nitriles is 1. The SMILES string of the molecule is CN(C(=O)[C@H](C#N)C(=O)c1cccs1)C1CCCCC1. The first-order valence-electron chi connectivity index (χ1n) is 6.89. The normalized spacial score (nSPS) is 17.2. The van der Waals surface area contributed by atoms with Gasteiger partial charge in [0, 0.05) is 13.1 Å². The number of carbonyl (C=O) groups excluding carboxylic acids is 2. The summed E-state index contributed by atoms with van der Waals surface area (Å²) >= 11 is 1.27. The molecule has 0 N–H and O–H groups in total. The van der Waals surface area contributed by atoms with Crippen LogP contribution in [-0.4, -0.2) is 29.7 Å². The Labute approximate surface area is 123 Å². The van der Waals surface area contributed by atoms with Gasteiger partial charge in [0.15, 0.2) is 11.7 Å². The minimum Gasteiger partial charge on any atom is -0.341 e. The molecule has 0 saturated heterocycles. The monoisotopic (exact) mass is 290 g/mol. The maximum atomic E-state index is 12.4. The van der Waals surface area contributed by atoms with Crippen molar-refractivity contribution in [3.63, 3.8) is 0 Å². The summed E-state index contributed by atoms with van der Waals surface area (Å²) in [5, 5.41) is 11.0. The Kier molecular flexibility index (Phi) is 4.91. The van der Waals surface area contributed by atoms with Gasteiger partial charge in [-0.3, -0.25) is 9.59 Å². The van der Waals surface area contributed by atoms with Crippen molar-refractivity contribution in [2.45, 2.75) is 38.1 Å². The summed E-state index contributed by atoms with van der Waals surface area (Å²) in [5.41, 5.74) is 0. The molecule has 1 aromatic rings. The predicted molar refractivity (Wildman–Crippen MR) is 77.4 cm³/mol. The molecule has 1 aliphatic carbocycles. The summed E-state index contributed by atoms with van der Waals surface area (Å²) in [7, 11) is 1.71. The minimum absolute atomic E-state index is 0.170. The molecule has 5 heteroatoms. The zero-order chi connectivity index (χ0) is 14.5. The molecule has 2 rings (SSSR count). The van der Waals surface area contributed by atoms with Gasteiger partial charge in [0.1, 0.15) is 0 Å². The van der Waals surface area contributed by atoms with Crippen LogP contribution in [0.5, 0.6) is 0 Å². The van der Waals surface area contributed by atoms with Gasteiger partial charge < -0.3 is 4.90 Å². The van der Waals surface area contributed by atoms with Crippen LogP contribution in [0.15, 0.2) is 17.5 Å². The van der Waals surface area contributed by atoms with Crippen molar-refractivity contribution in [2.24, 2.45) is 5.92 Å². The van der Waals surface area contributed by atoms with Gasteiger partial charge in [-0.2, -0.15) is 5.26 Å². The van der Waals surface area contributed by atoms with E-state index in [0.717, 1.165) is 25.7 Å². The maximum absolute atomic E-state index is 12.4. The molecule has 4 nitrogen and oxygen atoms in total. The lowest BCUT2D eigenvalue weighted by molar-refractivity contribution is -0.133. The molecule has 1 fully saturated rings. The van der Waals surface area contributed by atoms with Crippen molar-refractivity contribution in [1.82, 2.24) is 4.90 Å². The van der Waals surface area contributed by atoms with Crippen molar-refractivity contribution in [1.29, 1.82) is 5.26 Å². The number of hydrogen-bond donors (Lipinski definition) is 0. The van der Waals surface area contributed by atoms with Gasteiger partial charge in [0.05, 0.1) is 10.9 Å². The van der Waals surface area contributed by atoms with Gasteiger partial charge in [0.25, 0.3) is 0 Å². The maximum Gasteiger partial charge on any atom is 0.247 e. The zero-order valence-corrected chi connectivity index (χ0v) is 12.4. The third-order valence-electron chi connectivity index (χ3n) is 3.87. The Morgan fingerprint density at radius 3 is 2.65 bits per heavy atom. The molecule has 1 amide bonds. The highest BCUT2D eigenvalue weighted by Gasteiger charge is 2.33. The van der Waals surface area contributed by atoms with E-state index in [-0.39, 0.29) is 17.7 Å². The quantitative estimate of drug-likeness (QED) is 0.633. The second-order valence-electron chi connectivity index (χ2n) is 5.14. The number of ketones is 1. The Morgan fingerprint density at radius 2 is 2.10 bits per heavy atom. The molecular weight excluding hydrogens is 272 g/mol. The molecule has 0 aromatic carbocycles. The number of thiophene rings is 1. The third kappa shape index (κ3) is 3.07. The van der Waals surface area contributed by atoms with E-state index in [9.17, 15) is 14.9 Å². The third-order valence-corrected chi connectivity index (χ3v) is 4.76. The molecule has 1 aliphatic rings. The van der Waals surface area contributed by atoms with Gasteiger partial charge in [-0.05, 0) is 24.3 Å². The molecule has 0 unspecified atom stereocenters. The zero-order valence-electron chi connectivity index (χ0n) is 11.5. The van der Waals surface area contributed by atoms with Crippen LogP contribution >= 0.6 is 11.3 Å². The van der Waals surface area contributed by atoms with Crippen LogP contribution in [0, 0.1) is 17.2 Å². The molecule has 106 valence electrons. The average molecular weight is 290 g/mol. The molecule has 0 spiro atoms. The first-order chi connectivity index (χ1) is 9.65. The Morgan fingerprint density at radius 1 is 1.40 bits per heavy atom. The highest BCUT2D eigenvalue weighted by molar-refractivity contribution is 7.12. The van der Waals surface area contributed by atoms with Gasteiger partial charge in [0.2, 0.25) is 5.91 Å². The number of nitrogens with zero attached hydrogens (tertiary/aromatic N) is 2. The largest absolute Gasteiger partial charge is 0.341 e. The summed E-state index contributed by atoms with van der Waals surface area (Å²) in [6.07, 6.45) is 5.35. The lowest BCUT2D eigenvalue weighted by atomic mass is 9.93. The van der Waals surface area contributed by atoms with E-state index < -0.39 is 5.92 Å². The number of rotatable bonds is 4. The van der Waals surface area contributed by atoms with Crippen molar-refractivity contribution in [3.8, 4) is 6.07 Å². The molecular formula is C15H18N2O2S. The smallest absolute Gasteiger partial charge is 0.247 e. The lowest BCUT2D eigenvalue weighted by Gasteiger charge is -2.32. The van der Waals surface area contributed by atoms with Crippen molar-refractivity contribution in [2.75, 3.05) is 7.05 Å². The molecule has 1 saturated carbocycles. The van der Waals surface area contributed by atoms with Crippen molar-refractivity contribution in [3.05, 3.63) is 22.4 Å². The predicted octanol–water partition coefficient (Wildman–Crippen LogP) is 2.86. The highest BCUT2D eigenvalue weighted by Crippen LogP contribution is 2.24. The molecule has 0 bridgehead atoms. The van der Waals surface area contributed by atoms with E-state index in [1.54, 1.807) is 29.5 Å². The van der Waals surface area contributed by atoms with Gasteiger partial charge in [-0.15, -0.1) is 11.3 Å². The Balaban J connectivity index is 2.09. The van der Waals surface area contributed by atoms with Crippen molar-refractivity contribution < 1.29 is 9.59 Å². The summed E-state index contributed by atoms with van der Waals surface area (Å²) in [4.78, 5) is 26.7. The van der Waals surface area contributed by atoms with Crippen LogP contribution in [0.25, 0.3) is 0 Å². The molecule has 0 radical (unpaired) electrons. The van der Waals surface area contributed by atoms with E-state index in [1.165, 1.54) is 17.8 Å². The van der Waals surface area contributed by atoms with Crippen LogP contribution in [0.3, 0.4) is 0 Å². The van der Waals surface area contributed by atoms with Crippen LogP contribution in [-0.2, 0) is 4.79 Å². The second-order valence-corrected chi connectivity index (χ2v) is 6.09. The summed E-state index contributed by atoms with van der Waals surface area (Å²) in [6.45, 7) is 0. The Hall–Kier alpha value is -1.67. The Bertz CT molecular complexity index is 512. The van der Waals surface area contributed by atoms with Crippen LogP contribution in [0.2, 0.25) is 0 Å². The fraction of sp³-hybridized carbons (Fsp3) is 0.533. The van der Waals surface area contributed by atoms with Crippen LogP contribution in [0.4, 0.5) is 0 Å². The van der Waals surface area contributed by atoms with E-state index in [1.807, 2.05) is 6.07 Å². The average Bonchev–Trinajstić information content (AvgIpc) is 3.02. The number of amides is 1. The first-order valence-corrected chi connectivity index (χ1v) is 7.77. The topological polar surface area (TPSA) is 61.2 Å². The fourth-order valence-electron chi connectivity index (χ4n) is 2.64. The molecule has 0 aliphatic heterocycles. The van der Waals surface area contributed by atoms with Gasteiger partial charge in [-0.1, -0.05) is 25.3 Å². The van der Waals surface area contributed by atoms with Crippen molar-refractivity contribution >= 4 is 23.0 Å². The summed E-state index contributed by atoms with van der Waals surface area (Å²) in [5.74, 6) is -1.95. The number of carbonyl (C=O) groups is 2. The van der Waals surface area contributed by atoms with E-state index in [4.69, 9.17) is 0 Å². The molecule has 1 atom stereocenters. The first kappa shape index (κ1) is 14.7. The standard InChI is InChI=1S/C15H18N2O2S/c1-17(11-6-3-2-4-7-11)15(19)12(10-16)14(18)13-8-5-9-20-13/h5,8-9,11-12H,2-4,6-7H2,1H3/t12-/m1/s1. The van der Waals surface area contributed by atoms with E-state index in [0.29, 0.717) is 4.88 Å². The number of hydrogen-bond acceptors (Lipinski definition) is 4. The second kappa shape index (κ2) is 6.67. The van der Waals surface area contributed by atoms with E-state index >= 15 is 0 Å². The van der Waals surface area contributed by atoms with Crippen LogP contribution < -0.4 is 0 Å². The summed E-state index contributed by atoms with van der Waals surface area (Å²) in [6, 6.07) is 5.46. The molecule has 1 heterocycles. The van der Waals surface area contributed by atoms with Gasteiger partial charge >= 0.3 is 0 Å². The molecule has 20 heavy (non-hydrogen) atoms. The van der Waals surface area contributed by atoms with Gasteiger partial charge in [-0.25, -0.2) is 0 Å². The van der Waals surface area contributed by atoms with Crippen LogP contribution in [0.1, 0.15) is 41.8 Å². The highest BCUT2D eigenvalue weighted by atomic mass is 32.1. The number of Topliss-reactive ketones (excluding diaryl/α,β-unsaturated/α-hetero) is 1. The molecule has 1 aromatic heterocycles. The minimum atomic E-state index is -1.21.